The Bertz CT molecular complexity index is 230. The van der Waals surface area contributed by atoms with Gasteiger partial charge in [-0.15, -0.1) is 0 Å². The van der Waals surface area contributed by atoms with Crippen molar-refractivity contribution >= 4 is 8.17 Å². The van der Waals surface area contributed by atoms with Crippen molar-refractivity contribution in [1.82, 2.24) is 0 Å². The summed E-state index contributed by atoms with van der Waals surface area (Å²) in [4.78, 5) is 25.8. The summed E-state index contributed by atoms with van der Waals surface area (Å²) in [5.74, 6) is 0.0253. The summed E-state index contributed by atoms with van der Waals surface area (Å²) < 4.78 is 4.51. The zero-order valence-electron chi connectivity index (χ0n) is 9.42. The number of allylic oxidation sites excluding steroid dienone is 3. The van der Waals surface area contributed by atoms with Crippen molar-refractivity contribution in [3.63, 3.8) is 0 Å². The Labute approximate surface area is 91.6 Å². The lowest BCUT2D eigenvalue weighted by atomic mass is 10.1. The summed E-state index contributed by atoms with van der Waals surface area (Å²) in [5, 5.41) is 0. The number of rotatable bonds is 6. The van der Waals surface area contributed by atoms with Gasteiger partial charge in [0.25, 0.3) is 0 Å². The molecule has 0 amide bonds. The second-order valence-electron chi connectivity index (χ2n) is 3.51. The topological polar surface area (TPSA) is 69.9 Å². The molecule has 5 heteroatoms. The van der Waals surface area contributed by atoms with E-state index >= 15 is 0 Å². The van der Waals surface area contributed by atoms with E-state index < -0.39 is 8.17 Å². The molecule has 0 aliphatic carbocycles. The van der Waals surface area contributed by atoms with Crippen LogP contribution < -0.4 is 0 Å². The molecule has 0 radical (unpaired) electrons. The lowest BCUT2D eigenvalue weighted by Crippen LogP contribution is -2.05. The van der Waals surface area contributed by atoms with E-state index in [0.29, 0.717) is 0 Å². The standard InChI is InChI=1S/C10H20O4P/c1-4-5-6-9(2)7-10(3)8-14-15(11,12)13/h5-7,10-13H,4,8H2,1-3H3/q+1/b6-5-,9-7+. The van der Waals surface area contributed by atoms with Gasteiger partial charge in [-0.2, -0.15) is 19.2 Å². The molecule has 0 saturated carbocycles. The highest BCUT2D eigenvalue weighted by atomic mass is 31.2. The fraction of sp³-hybridized carbons (Fsp3) is 0.600. The summed E-state index contributed by atoms with van der Waals surface area (Å²) in [6.45, 7) is 5.98. The Hall–Kier alpha value is -0.250. The van der Waals surface area contributed by atoms with Crippen LogP contribution in [-0.2, 0) is 4.52 Å². The van der Waals surface area contributed by atoms with E-state index in [-0.39, 0.29) is 12.5 Å². The maximum Gasteiger partial charge on any atom is 0.567 e. The largest absolute Gasteiger partial charge is 0.567 e. The molecule has 1 atom stereocenters. The molecule has 15 heavy (non-hydrogen) atoms. The van der Waals surface area contributed by atoms with Gasteiger partial charge in [-0.05, 0) is 13.3 Å². The molecule has 0 aromatic heterocycles. The molecule has 4 nitrogen and oxygen atoms in total. The molecule has 0 bridgehead atoms. The van der Waals surface area contributed by atoms with E-state index in [9.17, 15) is 0 Å². The normalized spacial score (nSPS) is 16.0. The minimum atomic E-state index is -4.08. The Morgan fingerprint density at radius 2 is 2.00 bits per heavy atom. The molecular formula is C10H20O4P+. The highest BCUT2D eigenvalue weighted by Gasteiger charge is 2.33. The summed E-state index contributed by atoms with van der Waals surface area (Å²) >= 11 is 0. The fourth-order valence-corrected chi connectivity index (χ4v) is 1.51. The zero-order chi connectivity index (χ0) is 11.9. The Morgan fingerprint density at radius 1 is 1.40 bits per heavy atom. The van der Waals surface area contributed by atoms with Gasteiger partial charge in [-0.3, -0.25) is 0 Å². The van der Waals surface area contributed by atoms with Crippen molar-refractivity contribution in [2.45, 2.75) is 27.2 Å². The molecule has 0 fully saturated rings. The second kappa shape index (κ2) is 7.09. The first kappa shape index (κ1) is 14.8. The van der Waals surface area contributed by atoms with Crippen LogP contribution in [0.3, 0.4) is 0 Å². The molecule has 88 valence electrons. The molecule has 0 saturated heterocycles. The molecule has 0 aromatic rings. The molecular weight excluding hydrogens is 215 g/mol. The van der Waals surface area contributed by atoms with Gasteiger partial charge in [0.15, 0.2) is 0 Å². The minimum Gasteiger partial charge on any atom is -0.168 e. The van der Waals surface area contributed by atoms with Gasteiger partial charge >= 0.3 is 8.17 Å². The van der Waals surface area contributed by atoms with E-state index in [1.54, 1.807) is 0 Å². The Kier molecular flexibility index (Phi) is 6.98. The second-order valence-corrected chi connectivity index (χ2v) is 4.79. The predicted molar refractivity (Wildman–Crippen MR) is 61.9 cm³/mol. The monoisotopic (exact) mass is 235 g/mol. The lowest BCUT2D eigenvalue weighted by Gasteiger charge is -2.07. The van der Waals surface area contributed by atoms with Gasteiger partial charge in [0.2, 0.25) is 0 Å². The maximum atomic E-state index is 8.61. The zero-order valence-corrected chi connectivity index (χ0v) is 10.3. The van der Waals surface area contributed by atoms with Crippen molar-refractivity contribution in [2.75, 3.05) is 6.61 Å². The van der Waals surface area contributed by atoms with E-state index in [2.05, 4.69) is 11.4 Å². The molecule has 0 heterocycles. The molecule has 0 aliphatic rings. The minimum absolute atomic E-state index is 0.0253. The van der Waals surface area contributed by atoms with Gasteiger partial charge in [-0.1, -0.05) is 37.6 Å². The summed E-state index contributed by atoms with van der Waals surface area (Å²) in [6, 6.07) is 0. The third-order valence-corrected chi connectivity index (χ3v) is 2.17. The highest BCUT2D eigenvalue weighted by Crippen LogP contribution is 2.45. The molecule has 3 N–H and O–H groups in total. The van der Waals surface area contributed by atoms with Crippen LogP contribution in [-0.4, -0.2) is 21.3 Å². The van der Waals surface area contributed by atoms with E-state index in [1.165, 1.54) is 0 Å². The quantitative estimate of drug-likeness (QED) is 0.487. The maximum absolute atomic E-state index is 8.61. The molecule has 0 rings (SSSR count). The SMILES string of the molecule is CC/C=C\C(C)=C\C(C)CO[P+](O)(O)O. The lowest BCUT2D eigenvalue weighted by molar-refractivity contribution is 0.149. The van der Waals surface area contributed by atoms with Gasteiger partial charge in [0, 0.05) is 5.92 Å². The van der Waals surface area contributed by atoms with Crippen molar-refractivity contribution in [3.8, 4) is 0 Å². The molecule has 0 aromatic carbocycles. The Morgan fingerprint density at radius 3 is 2.47 bits per heavy atom. The van der Waals surface area contributed by atoms with Gasteiger partial charge in [0.05, 0.1) is 0 Å². The van der Waals surface area contributed by atoms with Crippen LogP contribution in [0.5, 0.6) is 0 Å². The van der Waals surface area contributed by atoms with Crippen LogP contribution >= 0.6 is 8.17 Å². The third kappa shape index (κ3) is 10.0. The highest BCUT2D eigenvalue weighted by molar-refractivity contribution is 7.53. The number of hydrogen-bond donors (Lipinski definition) is 3. The first-order valence-electron chi connectivity index (χ1n) is 4.92. The van der Waals surface area contributed by atoms with Crippen LogP contribution in [0.25, 0.3) is 0 Å². The van der Waals surface area contributed by atoms with E-state index in [1.807, 2.05) is 32.1 Å². The molecule has 1 unspecified atom stereocenters. The third-order valence-electron chi connectivity index (χ3n) is 1.67. The van der Waals surface area contributed by atoms with Gasteiger partial charge in [0.1, 0.15) is 6.61 Å². The van der Waals surface area contributed by atoms with Crippen LogP contribution in [0.15, 0.2) is 23.8 Å². The first-order valence-corrected chi connectivity index (χ1v) is 6.48. The van der Waals surface area contributed by atoms with Crippen LogP contribution in [0.2, 0.25) is 0 Å². The summed E-state index contributed by atoms with van der Waals surface area (Å²) in [7, 11) is -4.08. The smallest absolute Gasteiger partial charge is 0.168 e. The fourth-order valence-electron chi connectivity index (χ4n) is 1.07. The van der Waals surface area contributed by atoms with Gasteiger partial charge < -0.3 is 0 Å². The van der Waals surface area contributed by atoms with E-state index in [0.717, 1.165) is 12.0 Å². The van der Waals surface area contributed by atoms with Gasteiger partial charge in [-0.25, -0.2) is 0 Å². The van der Waals surface area contributed by atoms with Crippen LogP contribution in [0, 0.1) is 5.92 Å². The summed E-state index contributed by atoms with van der Waals surface area (Å²) in [6.07, 6.45) is 6.97. The molecule has 0 aliphatic heterocycles. The Balaban J connectivity index is 4.01. The number of hydrogen-bond acceptors (Lipinski definition) is 4. The average molecular weight is 235 g/mol. The van der Waals surface area contributed by atoms with Crippen molar-refractivity contribution < 1.29 is 19.2 Å². The van der Waals surface area contributed by atoms with Crippen molar-refractivity contribution in [1.29, 1.82) is 0 Å². The van der Waals surface area contributed by atoms with Crippen LogP contribution in [0.1, 0.15) is 27.2 Å². The van der Waals surface area contributed by atoms with E-state index in [4.69, 9.17) is 14.7 Å². The van der Waals surface area contributed by atoms with Crippen molar-refractivity contribution in [3.05, 3.63) is 23.8 Å². The van der Waals surface area contributed by atoms with Crippen LogP contribution in [0.4, 0.5) is 0 Å². The predicted octanol–water partition coefficient (Wildman–Crippen LogP) is 2.21. The summed E-state index contributed by atoms with van der Waals surface area (Å²) in [5.41, 5.74) is 1.09. The van der Waals surface area contributed by atoms with Crippen molar-refractivity contribution in [2.24, 2.45) is 5.92 Å². The molecule has 0 spiro atoms. The first-order chi connectivity index (χ1) is 6.85. The average Bonchev–Trinajstić information content (AvgIpc) is 2.10.